The molecule has 0 spiro atoms. The van der Waals surface area contributed by atoms with Gasteiger partial charge in [-0.15, -0.1) is 0 Å². The van der Waals surface area contributed by atoms with E-state index < -0.39 is 16.6 Å². The van der Waals surface area contributed by atoms with Crippen LogP contribution in [-0.2, 0) is 12.8 Å². The molecule has 1 heterocycles. The Kier molecular flexibility index (Phi) is 8.71. The van der Waals surface area contributed by atoms with Crippen LogP contribution in [0.2, 0.25) is 10.0 Å². The third-order valence-corrected chi connectivity index (χ3v) is 9.06. The largest absolute Gasteiger partial charge is 0.504 e. The zero-order valence-electron chi connectivity index (χ0n) is 23.7. The van der Waals surface area contributed by atoms with Crippen molar-refractivity contribution in [1.29, 1.82) is 0 Å². The van der Waals surface area contributed by atoms with Crippen LogP contribution in [-0.4, -0.2) is 42.4 Å². The standard InChI is InChI=1S/C35H32Cl2FNO4/c36-24-8-12-28(31(37)19-24)29-4-1-3-23-17-21(18-30-33(40)35(42)34(30)41)5-11-27(23)32(29)22-6-9-25(10-7-22)43-26-13-16-39(20-26)15-2-14-38/h5-12,17,19,26,40H,1-4,13-16,18,20H2. The minimum Gasteiger partial charge on any atom is -0.504 e. The Hall–Kier alpha value is -3.45. The van der Waals surface area contributed by atoms with Gasteiger partial charge in [0, 0.05) is 36.1 Å². The fraction of sp³-hybridized carbons (Fsp3) is 0.314. The molecule has 2 aliphatic rings. The molecule has 1 aliphatic heterocycles. The quantitative estimate of drug-likeness (QED) is 0.204. The fourth-order valence-corrected chi connectivity index (χ4v) is 6.87. The molecular weight excluding hydrogens is 588 g/mol. The molecule has 1 unspecified atom stereocenters. The van der Waals surface area contributed by atoms with Crippen molar-refractivity contribution >= 4 is 34.3 Å². The Morgan fingerprint density at radius 1 is 0.953 bits per heavy atom. The SMILES string of the molecule is O=c1c(O)c(Cc2ccc3c(c2)CCCC(c2ccc(Cl)cc2Cl)=C3c2ccc(OC3CCN(CCCF)C3)cc2)c1=O. The van der Waals surface area contributed by atoms with Gasteiger partial charge < -0.3 is 9.84 Å². The predicted molar refractivity (Wildman–Crippen MR) is 170 cm³/mol. The minimum absolute atomic E-state index is 0.0810. The molecule has 222 valence electrons. The van der Waals surface area contributed by atoms with Crippen LogP contribution in [0.4, 0.5) is 4.39 Å². The van der Waals surface area contributed by atoms with E-state index in [-0.39, 0.29) is 24.8 Å². The van der Waals surface area contributed by atoms with Crippen molar-refractivity contribution in [1.82, 2.24) is 4.90 Å². The summed E-state index contributed by atoms with van der Waals surface area (Å²) in [6.07, 6.45) is 4.28. The molecule has 0 aromatic heterocycles. The van der Waals surface area contributed by atoms with Gasteiger partial charge in [-0.05, 0) is 95.3 Å². The Morgan fingerprint density at radius 2 is 1.74 bits per heavy atom. The average molecular weight is 621 g/mol. The minimum atomic E-state index is -0.811. The number of rotatable bonds is 9. The first-order chi connectivity index (χ1) is 20.8. The molecule has 1 saturated heterocycles. The van der Waals surface area contributed by atoms with E-state index in [1.54, 1.807) is 6.07 Å². The van der Waals surface area contributed by atoms with Crippen molar-refractivity contribution < 1.29 is 14.2 Å². The molecule has 0 bridgehead atoms. The first-order valence-corrected chi connectivity index (χ1v) is 15.4. The van der Waals surface area contributed by atoms with E-state index in [9.17, 15) is 19.1 Å². The maximum absolute atomic E-state index is 12.6. The Bertz CT molecular complexity index is 1760. The number of aryl methyl sites for hydroxylation is 1. The highest BCUT2D eigenvalue weighted by molar-refractivity contribution is 6.36. The summed E-state index contributed by atoms with van der Waals surface area (Å²) in [7, 11) is 0. The Balaban J connectivity index is 1.35. The molecule has 0 radical (unpaired) electrons. The molecule has 6 rings (SSSR count). The maximum Gasteiger partial charge on any atom is 0.267 e. The summed E-state index contributed by atoms with van der Waals surface area (Å²) in [4.78, 5) is 25.8. The van der Waals surface area contributed by atoms with Gasteiger partial charge in [0.1, 0.15) is 11.9 Å². The molecule has 8 heteroatoms. The first-order valence-electron chi connectivity index (χ1n) is 14.7. The predicted octanol–water partition coefficient (Wildman–Crippen LogP) is 6.99. The van der Waals surface area contributed by atoms with Crippen LogP contribution in [0.25, 0.3) is 11.1 Å². The summed E-state index contributed by atoms with van der Waals surface area (Å²) in [5, 5.41) is 11.1. The number of alkyl halides is 1. The lowest BCUT2D eigenvalue weighted by Crippen LogP contribution is -2.34. The number of hydrogen-bond donors (Lipinski definition) is 1. The summed E-state index contributed by atoms with van der Waals surface area (Å²) < 4.78 is 18.9. The molecule has 4 aromatic rings. The smallest absolute Gasteiger partial charge is 0.267 e. The van der Waals surface area contributed by atoms with E-state index in [4.69, 9.17) is 27.9 Å². The molecule has 1 N–H and O–H groups in total. The zero-order valence-corrected chi connectivity index (χ0v) is 25.2. The summed E-state index contributed by atoms with van der Waals surface area (Å²) >= 11 is 13.0. The Labute approximate surface area is 259 Å². The van der Waals surface area contributed by atoms with Crippen LogP contribution in [0, 0.1) is 0 Å². The van der Waals surface area contributed by atoms with Crippen molar-refractivity contribution in [2.45, 2.75) is 44.6 Å². The number of ether oxygens (including phenoxy) is 1. The van der Waals surface area contributed by atoms with Gasteiger partial charge in [0.2, 0.25) is 5.43 Å². The lowest BCUT2D eigenvalue weighted by atomic mass is 9.86. The molecule has 4 aromatic carbocycles. The van der Waals surface area contributed by atoms with E-state index in [2.05, 4.69) is 29.2 Å². The second-order valence-corrected chi connectivity index (χ2v) is 12.2. The summed E-state index contributed by atoms with van der Waals surface area (Å²) in [5.74, 6) is 0.373. The second-order valence-electron chi connectivity index (χ2n) is 11.4. The van der Waals surface area contributed by atoms with Crippen molar-refractivity contribution in [2.24, 2.45) is 0 Å². The lowest BCUT2D eigenvalue weighted by molar-refractivity contribution is 0.198. The van der Waals surface area contributed by atoms with Gasteiger partial charge in [0.25, 0.3) is 5.43 Å². The van der Waals surface area contributed by atoms with Gasteiger partial charge in [-0.25, -0.2) is 0 Å². The molecular formula is C35H32Cl2FNO4. The lowest BCUT2D eigenvalue weighted by Gasteiger charge is -2.19. The van der Waals surface area contributed by atoms with E-state index in [0.29, 0.717) is 16.5 Å². The number of hydrogen-bond acceptors (Lipinski definition) is 5. The van der Waals surface area contributed by atoms with Crippen LogP contribution in [0.15, 0.2) is 70.3 Å². The summed E-state index contributed by atoms with van der Waals surface area (Å²) in [6.45, 7) is 2.18. The average Bonchev–Trinajstić information content (AvgIpc) is 3.37. The van der Waals surface area contributed by atoms with Crippen LogP contribution in [0.1, 0.15) is 59.1 Å². The number of allylic oxidation sites excluding steroid dienone is 1. The van der Waals surface area contributed by atoms with Crippen molar-refractivity contribution in [3.8, 4) is 11.5 Å². The highest BCUT2D eigenvalue weighted by Gasteiger charge is 2.26. The molecule has 1 aliphatic carbocycles. The van der Waals surface area contributed by atoms with Crippen LogP contribution < -0.4 is 15.6 Å². The van der Waals surface area contributed by atoms with Crippen molar-refractivity contribution in [2.75, 3.05) is 26.3 Å². The topological polar surface area (TPSA) is 66.8 Å². The number of halogens is 3. The van der Waals surface area contributed by atoms with Gasteiger partial charge >= 0.3 is 0 Å². The van der Waals surface area contributed by atoms with Crippen molar-refractivity contribution in [3.05, 3.63) is 125 Å². The van der Waals surface area contributed by atoms with Crippen LogP contribution in [0.5, 0.6) is 11.5 Å². The third-order valence-electron chi connectivity index (χ3n) is 8.51. The summed E-state index contributed by atoms with van der Waals surface area (Å²) in [6, 6.07) is 19.8. The number of fused-ring (bicyclic) bond motifs is 1. The zero-order chi connectivity index (χ0) is 30.1. The summed E-state index contributed by atoms with van der Waals surface area (Å²) in [5.41, 5.74) is 5.99. The van der Waals surface area contributed by atoms with Crippen molar-refractivity contribution in [3.63, 3.8) is 0 Å². The molecule has 5 nitrogen and oxygen atoms in total. The second kappa shape index (κ2) is 12.7. The fourth-order valence-electron chi connectivity index (χ4n) is 6.35. The number of benzene rings is 3. The molecule has 0 saturated carbocycles. The number of nitrogens with zero attached hydrogens (tertiary/aromatic N) is 1. The van der Waals surface area contributed by atoms with Crippen LogP contribution in [0.3, 0.4) is 0 Å². The highest BCUT2D eigenvalue weighted by atomic mass is 35.5. The van der Waals surface area contributed by atoms with E-state index in [0.717, 1.165) is 90.0 Å². The molecule has 43 heavy (non-hydrogen) atoms. The normalized spacial score (nSPS) is 17.3. The number of aromatic hydroxyl groups is 1. The van der Waals surface area contributed by atoms with Gasteiger partial charge in [-0.1, -0.05) is 59.6 Å². The molecule has 1 fully saturated rings. The Morgan fingerprint density at radius 3 is 2.49 bits per heavy atom. The molecule has 0 amide bonds. The van der Waals surface area contributed by atoms with Gasteiger partial charge in [0.05, 0.1) is 12.2 Å². The monoisotopic (exact) mass is 619 g/mol. The van der Waals surface area contributed by atoms with E-state index in [1.807, 2.05) is 30.3 Å². The van der Waals surface area contributed by atoms with E-state index in [1.165, 1.54) is 0 Å². The molecule has 1 atom stereocenters. The first kappa shape index (κ1) is 29.6. The van der Waals surface area contributed by atoms with Gasteiger partial charge in [-0.2, -0.15) is 0 Å². The highest BCUT2D eigenvalue weighted by Crippen LogP contribution is 2.43. The van der Waals surface area contributed by atoms with Gasteiger partial charge in [-0.3, -0.25) is 18.9 Å². The van der Waals surface area contributed by atoms with Crippen LogP contribution >= 0.6 is 23.2 Å². The third kappa shape index (κ3) is 6.14. The maximum atomic E-state index is 12.6. The van der Waals surface area contributed by atoms with E-state index >= 15 is 0 Å². The number of likely N-dealkylation sites (tertiary alicyclic amines) is 1. The van der Waals surface area contributed by atoms with Gasteiger partial charge in [0.15, 0.2) is 5.75 Å².